The molecule has 508 valence electrons. The summed E-state index contributed by atoms with van der Waals surface area (Å²) in [5.41, 5.74) is 34.5. The highest BCUT2D eigenvalue weighted by molar-refractivity contribution is 7.00. The average Bonchev–Trinajstić information content (AvgIpc) is 1.32. The van der Waals surface area contributed by atoms with E-state index in [1.165, 1.54) is 121 Å². The molecule has 0 saturated carbocycles. The molecule has 2 aliphatic rings. The standard InChI is InChI=1S/C100H85BN4/c1-97(2,3)70-51-67(52-71(59-70)98(4,5)6)62-41-45-74(46-42-62)102-90-50-44-66(68-53-72(99(7,8)9)60-73(54-68)100(10,11)12)56-85(90)101-84-48-47-75(103-86-38-22-19-31-78(86)79-32-20-23-39-87(79)103)61-91(84)105(95-76(63-27-15-13-16-28-63)34-25-35-77(95)64-29-17-14-18-30-64)93-58-69(57-92(102)94(93)101)65-43-49-89-83(55-65)82-37-26-36-81-80-33-21-24-40-88(80)104(89)96(81)82/h13-61H,1-12H3. The summed E-state index contributed by atoms with van der Waals surface area (Å²) in [5, 5.41) is 7.52. The number of rotatable bonds is 8. The summed E-state index contributed by atoms with van der Waals surface area (Å²) in [6, 6.07) is 114. The first-order chi connectivity index (χ1) is 50.6. The van der Waals surface area contributed by atoms with Crippen LogP contribution in [0.5, 0.6) is 0 Å². The molecule has 5 heterocycles. The predicted octanol–water partition coefficient (Wildman–Crippen LogP) is 25.5. The lowest BCUT2D eigenvalue weighted by molar-refractivity contribution is 0.568. The van der Waals surface area contributed by atoms with Gasteiger partial charge < -0.3 is 18.8 Å². The Morgan fingerprint density at radius 3 is 1.24 bits per heavy atom. The average molecular weight is 1350 g/mol. The molecule has 0 aliphatic carbocycles. The molecule has 3 aromatic heterocycles. The zero-order valence-corrected chi connectivity index (χ0v) is 62.2. The largest absolute Gasteiger partial charge is 0.311 e. The lowest BCUT2D eigenvalue weighted by Crippen LogP contribution is -2.61. The van der Waals surface area contributed by atoms with Crippen LogP contribution in [0.4, 0.5) is 34.1 Å². The van der Waals surface area contributed by atoms with Crippen molar-refractivity contribution >= 4 is 117 Å². The fourth-order valence-corrected chi connectivity index (χ4v) is 17.4. The molecule has 105 heavy (non-hydrogen) atoms. The van der Waals surface area contributed by atoms with Crippen molar-refractivity contribution < 1.29 is 0 Å². The second-order valence-corrected chi connectivity index (χ2v) is 33.8. The Morgan fingerprint density at radius 1 is 0.248 bits per heavy atom. The Morgan fingerprint density at radius 2 is 0.676 bits per heavy atom. The van der Waals surface area contributed by atoms with Crippen LogP contribution in [0.15, 0.2) is 297 Å². The Hall–Kier alpha value is -11.7. The van der Waals surface area contributed by atoms with Gasteiger partial charge in [0.25, 0.3) is 6.71 Å². The summed E-state index contributed by atoms with van der Waals surface area (Å²) >= 11 is 0. The van der Waals surface area contributed by atoms with Crippen LogP contribution >= 0.6 is 0 Å². The van der Waals surface area contributed by atoms with Crippen molar-refractivity contribution in [3.63, 3.8) is 0 Å². The Balaban J connectivity index is 0.949. The number of nitrogens with zero attached hydrogens (tertiary/aromatic N) is 4. The highest BCUT2D eigenvalue weighted by Gasteiger charge is 2.45. The van der Waals surface area contributed by atoms with E-state index in [1.807, 2.05) is 0 Å². The first-order valence-corrected chi connectivity index (χ1v) is 37.5. The number of aromatic nitrogens is 2. The molecule has 5 heteroatoms. The molecule has 0 radical (unpaired) electrons. The minimum absolute atomic E-state index is 0.0383. The monoisotopic (exact) mass is 1350 g/mol. The van der Waals surface area contributed by atoms with Gasteiger partial charge in [-0.2, -0.15) is 0 Å². The zero-order chi connectivity index (χ0) is 71.7. The fourth-order valence-electron chi connectivity index (χ4n) is 17.4. The molecule has 17 aromatic rings. The number of para-hydroxylation sites is 5. The highest BCUT2D eigenvalue weighted by Crippen LogP contribution is 2.53. The predicted molar refractivity (Wildman–Crippen MR) is 451 cm³/mol. The Bertz CT molecular complexity index is 6200. The van der Waals surface area contributed by atoms with Crippen LogP contribution in [-0.2, 0) is 21.7 Å². The van der Waals surface area contributed by atoms with Gasteiger partial charge >= 0.3 is 0 Å². The second-order valence-electron chi connectivity index (χ2n) is 33.8. The molecule has 2 aliphatic heterocycles. The van der Waals surface area contributed by atoms with E-state index in [0.717, 1.165) is 73.2 Å². The van der Waals surface area contributed by atoms with Crippen molar-refractivity contribution in [2.45, 2.75) is 105 Å². The molecule has 0 N–H and O–H groups in total. The summed E-state index contributed by atoms with van der Waals surface area (Å²) in [4.78, 5) is 5.33. The van der Waals surface area contributed by atoms with Crippen LogP contribution in [0, 0.1) is 0 Å². The third kappa shape index (κ3) is 10.3. The van der Waals surface area contributed by atoms with Crippen molar-refractivity contribution in [1.29, 1.82) is 0 Å². The maximum Gasteiger partial charge on any atom is 0.252 e. The van der Waals surface area contributed by atoms with Gasteiger partial charge in [0.1, 0.15) is 0 Å². The summed E-state index contributed by atoms with van der Waals surface area (Å²) in [5.74, 6) is 0. The van der Waals surface area contributed by atoms with Crippen LogP contribution in [0.1, 0.15) is 105 Å². The first kappa shape index (κ1) is 64.2. The zero-order valence-electron chi connectivity index (χ0n) is 62.2. The van der Waals surface area contributed by atoms with Gasteiger partial charge in [0.2, 0.25) is 0 Å². The first-order valence-electron chi connectivity index (χ1n) is 37.5. The normalized spacial score (nSPS) is 13.3. The number of hydrogen-bond acceptors (Lipinski definition) is 2. The molecule has 19 rings (SSSR count). The smallest absolute Gasteiger partial charge is 0.252 e. The van der Waals surface area contributed by atoms with Crippen LogP contribution in [0.2, 0.25) is 0 Å². The molecule has 0 unspecified atom stereocenters. The van der Waals surface area contributed by atoms with Crippen molar-refractivity contribution in [3.05, 3.63) is 320 Å². The number of benzene rings is 14. The topological polar surface area (TPSA) is 15.8 Å². The van der Waals surface area contributed by atoms with Crippen molar-refractivity contribution in [1.82, 2.24) is 8.97 Å². The lowest BCUT2D eigenvalue weighted by atomic mass is 9.33. The van der Waals surface area contributed by atoms with Crippen LogP contribution < -0.4 is 26.2 Å². The molecule has 0 atom stereocenters. The summed E-state index contributed by atoms with van der Waals surface area (Å²) < 4.78 is 5.01. The van der Waals surface area contributed by atoms with E-state index in [9.17, 15) is 0 Å². The molecular weight excluding hydrogens is 1270 g/mol. The quantitative estimate of drug-likeness (QED) is 0.141. The number of fused-ring (bicyclic) bond motifs is 13. The highest BCUT2D eigenvalue weighted by atomic mass is 15.2. The van der Waals surface area contributed by atoms with E-state index in [-0.39, 0.29) is 28.4 Å². The molecule has 0 spiro atoms. The SMILES string of the molecule is CC(C)(C)c1cc(-c2ccc(N3c4ccc(-c5cc(C(C)(C)C)cc(C(C)(C)C)c5)cc4B4c5ccc(-n6c7ccccc7c7ccccc76)cc5N(c5c(-c6ccccc6)cccc5-c5ccccc5)c5cc(-c6ccc7c(c6)c6cccc8c9ccccc9n7c86)cc3c54)cc2)cc(C(C)(C)C)c1. The molecular formula is C100H85BN4. The molecule has 4 nitrogen and oxygen atoms in total. The van der Waals surface area contributed by atoms with Crippen LogP contribution in [0.25, 0.3) is 121 Å². The van der Waals surface area contributed by atoms with Crippen LogP contribution in [-0.4, -0.2) is 15.7 Å². The van der Waals surface area contributed by atoms with Gasteiger partial charge in [-0.3, -0.25) is 0 Å². The third-order valence-corrected chi connectivity index (χ3v) is 23.0. The van der Waals surface area contributed by atoms with Gasteiger partial charge in [-0.25, -0.2) is 0 Å². The van der Waals surface area contributed by atoms with Crippen molar-refractivity contribution in [3.8, 4) is 61.3 Å². The van der Waals surface area contributed by atoms with Gasteiger partial charge in [-0.05, 0) is 178 Å². The van der Waals surface area contributed by atoms with Crippen molar-refractivity contribution in [2.24, 2.45) is 0 Å². The minimum atomic E-state index is -0.224. The van der Waals surface area contributed by atoms with E-state index < -0.39 is 0 Å². The Kier molecular flexibility index (Phi) is 14.3. The van der Waals surface area contributed by atoms with Gasteiger partial charge in [-0.1, -0.05) is 308 Å². The van der Waals surface area contributed by atoms with E-state index >= 15 is 0 Å². The summed E-state index contributed by atoms with van der Waals surface area (Å²) in [6.07, 6.45) is 0. The van der Waals surface area contributed by atoms with Crippen LogP contribution in [0.3, 0.4) is 0 Å². The molecule has 0 bridgehead atoms. The summed E-state index contributed by atoms with van der Waals surface area (Å²) in [7, 11) is 0. The van der Waals surface area contributed by atoms with Gasteiger partial charge in [0, 0.05) is 77.6 Å². The molecule has 0 fully saturated rings. The Labute approximate surface area is 617 Å². The minimum Gasteiger partial charge on any atom is -0.311 e. The maximum absolute atomic E-state index is 2.70. The molecule has 14 aromatic carbocycles. The van der Waals surface area contributed by atoms with E-state index in [1.54, 1.807) is 0 Å². The van der Waals surface area contributed by atoms with Gasteiger partial charge in [-0.15, -0.1) is 0 Å². The third-order valence-electron chi connectivity index (χ3n) is 23.0. The second kappa shape index (κ2) is 23.4. The lowest BCUT2D eigenvalue weighted by Gasteiger charge is -2.45. The molecule has 0 amide bonds. The molecule has 0 saturated heterocycles. The van der Waals surface area contributed by atoms with Gasteiger partial charge in [0.15, 0.2) is 0 Å². The van der Waals surface area contributed by atoms with Gasteiger partial charge in [0.05, 0.1) is 33.3 Å². The maximum atomic E-state index is 2.70. The number of anilines is 6. The van der Waals surface area contributed by atoms with Crippen molar-refractivity contribution in [2.75, 3.05) is 9.80 Å². The van der Waals surface area contributed by atoms with E-state index in [0.29, 0.717) is 0 Å². The van der Waals surface area contributed by atoms with E-state index in [4.69, 9.17) is 0 Å². The fraction of sp³-hybridized carbons (Fsp3) is 0.160. The van der Waals surface area contributed by atoms with E-state index in [2.05, 4.69) is 399 Å². The number of hydrogen-bond donors (Lipinski definition) is 0. The summed E-state index contributed by atoms with van der Waals surface area (Å²) in [6.45, 7) is 27.9.